The lowest BCUT2D eigenvalue weighted by atomic mass is 9.93. The lowest BCUT2D eigenvalue weighted by Crippen LogP contribution is -2.57. The molecule has 0 aliphatic carbocycles. The molecule has 1 unspecified atom stereocenters. The number of benzene rings is 2. The number of hydrogen-bond donors (Lipinski definition) is 0. The van der Waals surface area contributed by atoms with Crippen LogP contribution in [0.15, 0.2) is 67.3 Å². The number of halogens is 2. The van der Waals surface area contributed by atoms with Crippen LogP contribution in [0.4, 0.5) is 14.6 Å². The van der Waals surface area contributed by atoms with Gasteiger partial charge >= 0.3 is 0 Å². The molecule has 1 aliphatic heterocycles. The zero-order chi connectivity index (χ0) is 31.2. The first-order valence-electron chi connectivity index (χ1n) is 15.0. The minimum absolute atomic E-state index is 0.0330. The number of fused-ring (bicyclic) bond motifs is 3. The van der Waals surface area contributed by atoms with Gasteiger partial charge in [0, 0.05) is 43.5 Å². The molecule has 0 saturated carbocycles. The van der Waals surface area contributed by atoms with E-state index in [1.807, 2.05) is 48.7 Å². The maximum Gasteiger partial charge on any atom is 0.258 e. The van der Waals surface area contributed by atoms with Crippen LogP contribution in [0.3, 0.4) is 0 Å². The van der Waals surface area contributed by atoms with Crippen LogP contribution in [0.25, 0.3) is 26.7 Å². The van der Waals surface area contributed by atoms with E-state index >= 15 is 0 Å². The highest BCUT2D eigenvalue weighted by Crippen LogP contribution is 2.39. The van der Waals surface area contributed by atoms with Crippen molar-refractivity contribution in [3.05, 3.63) is 90.0 Å². The molecule has 0 N–H and O–H groups in total. The topological polar surface area (TPSA) is 89.5 Å². The van der Waals surface area contributed by atoms with E-state index in [-0.39, 0.29) is 36.0 Å². The molecular formula is C32H33F2N9OS. The van der Waals surface area contributed by atoms with E-state index in [1.54, 1.807) is 28.5 Å². The first kappa shape index (κ1) is 29.4. The van der Waals surface area contributed by atoms with Gasteiger partial charge in [0.05, 0.1) is 12.2 Å². The second-order valence-corrected chi connectivity index (χ2v) is 12.4. The molecule has 0 radical (unpaired) electrons. The highest BCUT2D eigenvalue weighted by molar-refractivity contribution is 7.21. The summed E-state index contributed by atoms with van der Waals surface area (Å²) in [4.78, 5) is 15.6. The van der Waals surface area contributed by atoms with Crippen molar-refractivity contribution in [2.45, 2.75) is 52.0 Å². The van der Waals surface area contributed by atoms with Crippen molar-refractivity contribution in [2.75, 3.05) is 24.6 Å². The number of rotatable bonds is 8. The Bertz CT molecular complexity index is 1890. The number of nitrogens with zero attached hydrogens (tertiary/aromatic N) is 9. The molecule has 0 spiro atoms. The summed E-state index contributed by atoms with van der Waals surface area (Å²) in [6.07, 6.45) is 5.23. The Labute approximate surface area is 262 Å². The molecule has 5 heterocycles. The molecule has 6 aromatic rings. The molecule has 1 saturated heterocycles. The third-order valence-electron chi connectivity index (χ3n) is 8.41. The second kappa shape index (κ2) is 11.9. The Balaban J connectivity index is 1.25. The van der Waals surface area contributed by atoms with Crippen molar-refractivity contribution < 1.29 is 13.5 Å². The maximum absolute atomic E-state index is 13.9. The number of aromatic nitrogens is 7. The normalized spacial score (nSPS) is 18.4. The monoisotopic (exact) mass is 629 g/mol. The molecule has 1 aliphatic rings. The van der Waals surface area contributed by atoms with Crippen LogP contribution in [-0.2, 0) is 4.74 Å². The summed E-state index contributed by atoms with van der Waals surface area (Å²) < 4.78 is 37.2. The summed E-state index contributed by atoms with van der Waals surface area (Å²) in [7, 11) is 0. The quantitative estimate of drug-likeness (QED) is 0.199. The van der Waals surface area contributed by atoms with Gasteiger partial charge in [-0.05, 0) is 63.1 Å². The SMILES string of the molecule is CCOC(C)n1cc(-c2nc3c(N4C[C@@H](C)N(C(c5ccc(F)cc5)c5ccc(F)cc5)C[C@@H]4C)nc4nncn4c3s2)cn1. The highest BCUT2D eigenvalue weighted by atomic mass is 32.1. The van der Waals surface area contributed by atoms with E-state index in [9.17, 15) is 8.78 Å². The number of piperazine rings is 1. The van der Waals surface area contributed by atoms with Crippen molar-refractivity contribution in [2.24, 2.45) is 0 Å². The molecule has 7 rings (SSSR count). The third-order valence-corrected chi connectivity index (χ3v) is 9.52. The zero-order valence-corrected chi connectivity index (χ0v) is 26.2. The molecule has 13 heteroatoms. The second-order valence-electron chi connectivity index (χ2n) is 11.4. The van der Waals surface area contributed by atoms with Crippen LogP contribution in [0, 0.1) is 11.6 Å². The molecule has 4 aromatic heterocycles. The predicted molar refractivity (Wildman–Crippen MR) is 169 cm³/mol. The maximum atomic E-state index is 13.9. The van der Waals surface area contributed by atoms with Crippen LogP contribution in [0.1, 0.15) is 51.1 Å². The van der Waals surface area contributed by atoms with Gasteiger partial charge in [0.15, 0.2) is 5.82 Å². The zero-order valence-electron chi connectivity index (χ0n) is 25.4. The molecule has 0 amide bonds. The Morgan fingerprint density at radius 1 is 0.956 bits per heavy atom. The van der Waals surface area contributed by atoms with Gasteiger partial charge in [0.25, 0.3) is 5.78 Å². The Hall–Kier alpha value is -4.33. The molecule has 232 valence electrons. The van der Waals surface area contributed by atoms with Gasteiger partial charge in [0.1, 0.15) is 39.5 Å². The van der Waals surface area contributed by atoms with Crippen molar-refractivity contribution in [1.29, 1.82) is 0 Å². The standard InChI is InChI=1S/C32H33F2N9OS/c1-5-44-21(4)43-17-24(14-36-43)30-37-27-29(38-32-39-35-18-42(32)31(27)45-30)41-16-19(2)40(15-20(41)3)28(22-6-10-25(33)11-7-22)23-8-12-26(34)13-9-23/h6-14,17-21,28H,5,15-16H2,1-4H3/t19-,20+,21?/m1/s1. The van der Waals surface area contributed by atoms with E-state index < -0.39 is 0 Å². The van der Waals surface area contributed by atoms with Gasteiger partial charge in [-0.15, -0.1) is 10.2 Å². The van der Waals surface area contributed by atoms with Gasteiger partial charge < -0.3 is 9.64 Å². The first-order chi connectivity index (χ1) is 21.8. The minimum atomic E-state index is -0.291. The van der Waals surface area contributed by atoms with Crippen LogP contribution in [-0.4, -0.2) is 71.0 Å². The third kappa shape index (κ3) is 5.45. The number of ether oxygens (including phenoxy) is 1. The number of anilines is 1. The predicted octanol–water partition coefficient (Wildman–Crippen LogP) is 6.12. The van der Waals surface area contributed by atoms with Crippen molar-refractivity contribution in [1.82, 2.24) is 39.2 Å². The van der Waals surface area contributed by atoms with Crippen molar-refractivity contribution in [3.63, 3.8) is 0 Å². The number of thiazole rings is 1. The van der Waals surface area contributed by atoms with E-state index in [1.165, 1.54) is 24.3 Å². The van der Waals surface area contributed by atoms with E-state index in [0.717, 1.165) is 37.9 Å². The molecule has 3 atom stereocenters. The largest absolute Gasteiger partial charge is 0.357 e. The molecule has 1 fully saturated rings. The van der Waals surface area contributed by atoms with Gasteiger partial charge in [0.2, 0.25) is 0 Å². The van der Waals surface area contributed by atoms with Crippen molar-refractivity contribution >= 4 is 33.3 Å². The van der Waals surface area contributed by atoms with Crippen LogP contribution < -0.4 is 4.90 Å². The summed E-state index contributed by atoms with van der Waals surface area (Å²) in [6.45, 7) is 10.2. The van der Waals surface area contributed by atoms with E-state index in [2.05, 4.69) is 38.9 Å². The minimum Gasteiger partial charge on any atom is -0.357 e. The summed E-state index contributed by atoms with van der Waals surface area (Å²) >= 11 is 1.54. The van der Waals surface area contributed by atoms with Gasteiger partial charge in [-0.1, -0.05) is 35.6 Å². The molecular weight excluding hydrogens is 596 g/mol. The van der Waals surface area contributed by atoms with Crippen LogP contribution >= 0.6 is 11.3 Å². The Kier molecular flexibility index (Phi) is 7.76. The highest BCUT2D eigenvalue weighted by Gasteiger charge is 2.37. The molecule has 0 bridgehead atoms. The summed E-state index contributed by atoms with van der Waals surface area (Å²) in [5, 5.41) is 13.7. The Morgan fingerprint density at radius 3 is 2.31 bits per heavy atom. The van der Waals surface area contributed by atoms with Crippen molar-refractivity contribution in [3.8, 4) is 10.6 Å². The van der Waals surface area contributed by atoms with Crippen LogP contribution in [0.5, 0.6) is 0 Å². The van der Waals surface area contributed by atoms with E-state index in [0.29, 0.717) is 25.5 Å². The summed E-state index contributed by atoms with van der Waals surface area (Å²) in [5.41, 5.74) is 3.56. The molecule has 45 heavy (non-hydrogen) atoms. The Morgan fingerprint density at radius 2 is 1.64 bits per heavy atom. The molecule has 10 nitrogen and oxygen atoms in total. The summed E-state index contributed by atoms with van der Waals surface area (Å²) in [5.74, 6) is 0.675. The lowest BCUT2D eigenvalue weighted by Gasteiger charge is -2.48. The fourth-order valence-electron chi connectivity index (χ4n) is 6.18. The van der Waals surface area contributed by atoms with Gasteiger partial charge in [-0.3, -0.25) is 9.30 Å². The lowest BCUT2D eigenvalue weighted by molar-refractivity contribution is 0.0160. The first-order valence-corrected chi connectivity index (χ1v) is 15.8. The van der Waals surface area contributed by atoms with Crippen LogP contribution in [0.2, 0.25) is 0 Å². The van der Waals surface area contributed by atoms with Gasteiger partial charge in [-0.2, -0.15) is 10.1 Å². The fraction of sp³-hybridized carbons (Fsp3) is 0.344. The molecule has 2 aromatic carbocycles. The van der Waals surface area contributed by atoms with E-state index in [4.69, 9.17) is 14.7 Å². The number of hydrogen-bond acceptors (Lipinski definition) is 9. The van der Waals surface area contributed by atoms with Gasteiger partial charge in [-0.25, -0.2) is 18.4 Å². The smallest absolute Gasteiger partial charge is 0.258 e. The fourth-order valence-corrected chi connectivity index (χ4v) is 7.18. The average Bonchev–Trinajstić information content (AvgIpc) is 3.80. The summed E-state index contributed by atoms with van der Waals surface area (Å²) in [6, 6.07) is 13.1. The average molecular weight is 630 g/mol.